The molecule has 1 aliphatic heterocycles. The summed E-state index contributed by atoms with van der Waals surface area (Å²) in [6.07, 6.45) is 3.20. The van der Waals surface area contributed by atoms with Crippen molar-refractivity contribution < 1.29 is 4.79 Å². The number of carbonyl (C=O) groups is 1. The molecule has 1 N–H and O–H groups in total. The lowest BCUT2D eigenvalue weighted by Crippen LogP contribution is -2.27. The van der Waals surface area contributed by atoms with Crippen molar-refractivity contribution in [2.45, 2.75) is 25.3 Å². The third-order valence-electron chi connectivity index (χ3n) is 4.04. The Kier molecular flexibility index (Phi) is 2.88. The number of fused-ring (bicyclic) bond motifs is 1. The third kappa shape index (κ3) is 2.37. The molecule has 4 rings (SSSR count). The minimum Gasteiger partial charge on any atom is -0.348 e. The van der Waals surface area contributed by atoms with Gasteiger partial charge < -0.3 is 10.2 Å². The summed E-state index contributed by atoms with van der Waals surface area (Å²) >= 11 is 0. The number of anilines is 2. The zero-order valence-electron chi connectivity index (χ0n) is 11.7. The molecule has 21 heavy (non-hydrogen) atoms. The first kappa shape index (κ1) is 12.4. The molecule has 0 saturated heterocycles. The first-order valence-corrected chi connectivity index (χ1v) is 7.44. The van der Waals surface area contributed by atoms with Gasteiger partial charge in [-0.3, -0.25) is 4.79 Å². The molecule has 4 nitrogen and oxygen atoms in total. The molecule has 0 spiro atoms. The maximum atomic E-state index is 12.1. The molecular weight excluding hydrogens is 262 g/mol. The summed E-state index contributed by atoms with van der Waals surface area (Å²) in [5.41, 5.74) is 3.04. The predicted octanol–water partition coefficient (Wildman–Crippen LogP) is 2.67. The van der Waals surface area contributed by atoms with Crippen molar-refractivity contribution in [1.82, 2.24) is 10.3 Å². The van der Waals surface area contributed by atoms with Crippen molar-refractivity contribution in [3.8, 4) is 0 Å². The molecule has 1 aromatic carbocycles. The molecule has 2 heterocycles. The van der Waals surface area contributed by atoms with E-state index in [1.54, 1.807) is 6.07 Å². The molecule has 0 radical (unpaired) electrons. The van der Waals surface area contributed by atoms with Crippen LogP contribution in [0.1, 0.15) is 28.9 Å². The van der Waals surface area contributed by atoms with Gasteiger partial charge in [-0.1, -0.05) is 24.3 Å². The Hall–Kier alpha value is -2.36. The van der Waals surface area contributed by atoms with Gasteiger partial charge >= 0.3 is 0 Å². The number of rotatable bonds is 3. The van der Waals surface area contributed by atoms with Gasteiger partial charge in [-0.25, -0.2) is 4.98 Å². The number of para-hydroxylation sites is 1. The summed E-state index contributed by atoms with van der Waals surface area (Å²) in [6.45, 7) is 0.917. The second-order valence-electron chi connectivity index (χ2n) is 5.66. The highest BCUT2D eigenvalue weighted by Gasteiger charge is 2.25. The second-order valence-corrected chi connectivity index (χ2v) is 5.66. The van der Waals surface area contributed by atoms with E-state index in [2.05, 4.69) is 33.4 Å². The Balaban J connectivity index is 1.62. The zero-order chi connectivity index (χ0) is 14.2. The van der Waals surface area contributed by atoms with E-state index in [9.17, 15) is 4.79 Å². The number of nitrogens with zero attached hydrogens (tertiary/aromatic N) is 2. The molecule has 1 fully saturated rings. The molecular formula is C17H17N3O. The number of amides is 1. The Bertz CT molecular complexity index is 694. The average molecular weight is 279 g/mol. The van der Waals surface area contributed by atoms with Gasteiger partial charge in [0.15, 0.2) is 0 Å². The van der Waals surface area contributed by atoms with Gasteiger partial charge in [0.25, 0.3) is 5.91 Å². The van der Waals surface area contributed by atoms with Crippen molar-refractivity contribution in [2.75, 3.05) is 11.4 Å². The fourth-order valence-electron chi connectivity index (χ4n) is 2.76. The van der Waals surface area contributed by atoms with E-state index in [-0.39, 0.29) is 5.91 Å². The monoisotopic (exact) mass is 279 g/mol. The largest absolute Gasteiger partial charge is 0.348 e. The maximum absolute atomic E-state index is 12.1. The first-order chi connectivity index (χ1) is 10.3. The number of nitrogens with one attached hydrogen (secondary N) is 1. The van der Waals surface area contributed by atoms with Gasteiger partial charge in [0.1, 0.15) is 11.5 Å². The van der Waals surface area contributed by atoms with Gasteiger partial charge in [0.05, 0.1) is 0 Å². The van der Waals surface area contributed by atoms with Gasteiger partial charge in [0, 0.05) is 18.3 Å². The van der Waals surface area contributed by atoms with Crippen LogP contribution in [0, 0.1) is 0 Å². The lowest BCUT2D eigenvalue weighted by molar-refractivity contribution is 0.0946. The minimum atomic E-state index is -0.0631. The van der Waals surface area contributed by atoms with E-state index in [0.29, 0.717) is 11.7 Å². The standard InChI is InChI=1S/C17H17N3O/c21-17(18-13-8-9-13)14-5-3-7-16(19-14)20-11-10-12-4-1-2-6-15(12)20/h1-7,13H,8-11H2,(H,18,21). The third-order valence-corrected chi connectivity index (χ3v) is 4.04. The highest BCUT2D eigenvalue weighted by atomic mass is 16.2. The molecule has 2 aliphatic rings. The van der Waals surface area contributed by atoms with E-state index < -0.39 is 0 Å². The summed E-state index contributed by atoms with van der Waals surface area (Å²) in [5.74, 6) is 0.787. The summed E-state index contributed by atoms with van der Waals surface area (Å²) in [5, 5.41) is 2.99. The first-order valence-electron chi connectivity index (χ1n) is 7.44. The molecule has 1 amide bonds. The van der Waals surface area contributed by atoms with Crippen molar-refractivity contribution in [1.29, 1.82) is 0 Å². The molecule has 0 unspecified atom stereocenters. The van der Waals surface area contributed by atoms with Crippen LogP contribution in [0.5, 0.6) is 0 Å². The molecule has 0 bridgehead atoms. The highest BCUT2D eigenvalue weighted by Crippen LogP contribution is 2.33. The van der Waals surface area contributed by atoms with Gasteiger partial charge in [0.2, 0.25) is 0 Å². The predicted molar refractivity (Wildman–Crippen MR) is 81.9 cm³/mol. The van der Waals surface area contributed by atoms with E-state index in [0.717, 1.165) is 31.6 Å². The highest BCUT2D eigenvalue weighted by molar-refractivity contribution is 5.93. The van der Waals surface area contributed by atoms with E-state index >= 15 is 0 Å². The number of hydrogen-bond donors (Lipinski definition) is 1. The van der Waals surface area contributed by atoms with Crippen LogP contribution < -0.4 is 10.2 Å². The Labute approximate surface area is 123 Å². The summed E-state index contributed by atoms with van der Waals surface area (Å²) < 4.78 is 0. The molecule has 0 atom stereocenters. The normalized spacial score (nSPS) is 16.7. The maximum Gasteiger partial charge on any atom is 0.270 e. The molecule has 106 valence electrons. The van der Waals surface area contributed by atoms with Gasteiger partial charge in [-0.05, 0) is 43.0 Å². The SMILES string of the molecule is O=C(NC1CC1)c1cccc(N2CCc3ccccc32)n1. The average Bonchev–Trinajstić information content (AvgIpc) is 3.23. The van der Waals surface area contributed by atoms with Crippen LogP contribution in [0.3, 0.4) is 0 Å². The molecule has 1 aromatic heterocycles. The fourth-order valence-corrected chi connectivity index (χ4v) is 2.76. The van der Waals surface area contributed by atoms with E-state index in [1.807, 2.05) is 18.2 Å². The molecule has 2 aromatic rings. The van der Waals surface area contributed by atoms with Crippen LogP contribution >= 0.6 is 0 Å². The van der Waals surface area contributed by atoms with Gasteiger partial charge in [-0.15, -0.1) is 0 Å². The van der Waals surface area contributed by atoms with Crippen molar-refractivity contribution in [3.63, 3.8) is 0 Å². The van der Waals surface area contributed by atoms with Crippen molar-refractivity contribution in [3.05, 3.63) is 53.7 Å². The van der Waals surface area contributed by atoms with Crippen LogP contribution in [0.4, 0.5) is 11.5 Å². The molecule has 1 saturated carbocycles. The van der Waals surface area contributed by atoms with Crippen LogP contribution in [0.2, 0.25) is 0 Å². The zero-order valence-corrected chi connectivity index (χ0v) is 11.7. The Morgan fingerprint density at radius 2 is 2.00 bits per heavy atom. The van der Waals surface area contributed by atoms with Gasteiger partial charge in [-0.2, -0.15) is 0 Å². The van der Waals surface area contributed by atoms with Crippen LogP contribution in [0.25, 0.3) is 0 Å². The number of pyridine rings is 1. The quantitative estimate of drug-likeness (QED) is 0.939. The lowest BCUT2D eigenvalue weighted by Gasteiger charge is -2.18. The fraction of sp³-hybridized carbons (Fsp3) is 0.294. The number of hydrogen-bond acceptors (Lipinski definition) is 3. The lowest BCUT2D eigenvalue weighted by atomic mass is 10.2. The molecule has 4 heteroatoms. The Morgan fingerprint density at radius 1 is 1.14 bits per heavy atom. The van der Waals surface area contributed by atoms with E-state index in [4.69, 9.17) is 0 Å². The van der Waals surface area contributed by atoms with Crippen molar-refractivity contribution >= 4 is 17.4 Å². The number of carbonyl (C=O) groups excluding carboxylic acids is 1. The Morgan fingerprint density at radius 3 is 2.86 bits per heavy atom. The van der Waals surface area contributed by atoms with Crippen LogP contribution in [0.15, 0.2) is 42.5 Å². The number of aromatic nitrogens is 1. The second kappa shape index (κ2) is 4.88. The summed E-state index contributed by atoms with van der Waals surface area (Å²) in [4.78, 5) is 18.8. The molecule has 1 aliphatic carbocycles. The van der Waals surface area contributed by atoms with Crippen molar-refractivity contribution in [2.24, 2.45) is 0 Å². The summed E-state index contributed by atoms with van der Waals surface area (Å²) in [7, 11) is 0. The smallest absolute Gasteiger partial charge is 0.270 e. The topological polar surface area (TPSA) is 45.2 Å². The number of benzene rings is 1. The van der Waals surface area contributed by atoms with E-state index in [1.165, 1.54) is 11.3 Å². The van der Waals surface area contributed by atoms with Crippen LogP contribution in [-0.2, 0) is 6.42 Å². The summed E-state index contributed by atoms with van der Waals surface area (Å²) in [6, 6.07) is 14.4. The minimum absolute atomic E-state index is 0.0631. The van der Waals surface area contributed by atoms with Crippen LogP contribution in [-0.4, -0.2) is 23.5 Å².